The first-order valence-corrected chi connectivity index (χ1v) is 6.87. The van der Waals surface area contributed by atoms with E-state index in [0.717, 1.165) is 36.6 Å². The van der Waals surface area contributed by atoms with E-state index < -0.39 is 23.3 Å². The minimum atomic E-state index is -0.997. The van der Waals surface area contributed by atoms with E-state index in [1.807, 2.05) is 0 Å². The van der Waals surface area contributed by atoms with Crippen molar-refractivity contribution in [3.8, 4) is 0 Å². The van der Waals surface area contributed by atoms with E-state index in [-0.39, 0.29) is 29.5 Å². The summed E-state index contributed by atoms with van der Waals surface area (Å²) in [5.74, 6) is -4.17. The molecular formula is C15H13F2NO3. The molecule has 1 aromatic carbocycles. The quantitative estimate of drug-likeness (QED) is 0.803. The molecule has 0 bridgehead atoms. The van der Waals surface area contributed by atoms with Crippen LogP contribution < -0.4 is 4.90 Å². The molecule has 1 aromatic rings. The first-order valence-electron chi connectivity index (χ1n) is 6.87. The molecule has 2 aliphatic rings. The summed E-state index contributed by atoms with van der Waals surface area (Å²) >= 11 is 0. The third-order valence-electron chi connectivity index (χ3n) is 4.11. The Hall–Kier alpha value is -2.11. The van der Waals surface area contributed by atoms with Crippen molar-refractivity contribution >= 4 is 23.2 Å². The van der Waals surface area contributed by atoms with Gasteiger partial charge in [-0.25, -0.2) is 8.78 Å². The fraction of sp³-hybridized carbons (Fsp3) is 0.400. The third-order valence-corrected chi connectivity index (χ3v) is 4.11. The van der Waals surface area contributed by atoms with E-state index in [2.05, 4.69) is 0 Å². The van der Waals surface area contributed by atoms with Crippen LogP contribution in [-0.4, -0.2) is 24.0 Å². The lowest BCUT2D eigenvalue weighted by Gasteiger charge is -2.18. The number of halogens is 2. The van der Waals surface area contributed by atoms with Crippen LogP contribution in [-0.2, 0) is 9.59 Å². The van der Waals surface area contributed by atoms with Crippen molar-refractivity contribution < 1.29 is 23.2 Å². The maximum Gasteiger partial charge on any atom is 0.299 e. The summed E-state index contributed by atoms with van der Waals surface area (Å²) in [4.78, 5) is 36.7. The average molecular weight is 293 g/mol. The van der Waals surface area contributed by atoms with Crippen LogP contribution in [0.25, 0.3) is 0 Å². The van der Waals surface area contributed by atoms with Gasteiger partial charge in [0.25, 0.3) is 11.7 Å². The second-order valence-corrected chi connectivity index (χ2v) is 5.45. The Kier molecular flexibility index (Phi) is 3.31. The number of Topliss-reactive ketones (excluding diaryl/α,β-unsaturated/α-hetero) is 2. The van der Waals surface area contributed by atoms with Gasteiger partial charge in [0.05, 0.1) is 17.8 Å². The molecule has 0 unspecified atom stereocenters. The van der Waals surface area contributed by atoms with Gasteiger partial charge in [-0.05, 0) is 18.9 Å². The Morgan fingerprint density at radius 2 is 1.86 bits per heavy atom. The molecule has 1 amide bonds. The molecular weight excluding hydrogens is 280 g/mol. The molecule has 0 spiro atoms. The first-order chi connectivity index (χ1) is 9.99. The van der Waals surface area contributed by atoms with Crippen molar-refractivity contribution in [3.05, 3.63) is 29.3 Å². The average Bonchev–Trinajstić information content (AvgIpc) is 3.03. The number of anilines is 1. The van der Waals surface area contributed by atoms with E-state index >= 15 is 0 Å². The Morgan fingerprint density at radius 1 is 1.19 bits per heavy atom. The predicted molar refractivity (Wildman–Crippen MR) is 70.0 cm³/mol. The molecule has 1 aliphatic heterocycles. The summed E-state index contributed by atoms with van der Waals surface area (Å²) in [6.07, 6.45) is 3.43. The molecule has 0 saturated heterocycles. The van der Waals surface area contributed by atoms with Crippen molar-refractivity contribution in [2.75, 3.05) is 11.4 Å². The largest absolute Gasteiger partial charge is 0.299 e. The minimum Gasteiger partial charge on any atom is -0.297 e. The molecule has 0 aromatic heterocycles. The molecule has 110 valence electrons. The van der Waals surface area contributed by atoms with Crippen LogP contribution in [0.15, 0.2) is 12.1 Å². The van der Waals surface area contributed by atoms with Crippen molar-refractivity contribution in [1.82, 2.24) is 0 Å². The topological polar surface area (TPSA) is 54.5 Å². The summed E-state index contributed by atoms with van der Waals surface area (Å²) in [6, 6.07) is 1.44. The number of hydrogen-bond donors (Lipinski definition) is 0. The molecule has 0 N–H and O–H groups in total. The highest BCUT2D eigenvalue weighted by Crippen LogP contribution is 2.33. The van der Waals surface area contributed by atoms with E-state index in [4.69, 9.17) is 0 Å². The molecule has 21 heavy (non-hydrogen) atoms. The smallest absolute Gasteiger partial charge is 0.297 e. The maximum atomic E-state index is 13.9. The van der Waals surface area contributed by atoms with Crippen molar-refractivity contribution in [2.45, 2.75) is 25.7 Å². The number of amides is 1. The van der Waals surface area contributed by atoms with Crippen molar-refractivity contribution in [2.24, 2.45) is 5.92 Å². The van der Waals surface area contributed by atoms with Gasteiger partial charge < -0.3 is 0 Å². The Bertz CT molecular complexity index is 651. The fourth-order valence-corrected chi connectivity index (χ4v) is 3.04. The normalized spacial score (nSPS) is 18.5. The number of ketones is 2. The number of carbonyl (C=O) groups excluding carboxylic acids is 3. The summed E-state index contributed by atoms with van der Waals surface area (Å²) in [5.41, 5.74) is -0.588. The van der Waals surface area contributed by atoms with Crippen LogP contribution >= 0.6 is 0 Å². The van der Waals surface area contributed by atoms with Gasteiger partial charge in [-0.2, -0.15) is 0 Å². The second-order valence-electron chi connectivity index (χ2n) is 5.45. The van der Waals surface area contributed by atoms with E-state index in [1.165, 1.54) is 0 Å². The molecule has 1 saturated carbocycles. The van der Waals surface area contributed by atoms with Crippen LogP contribution in [0, 0.1) is 17.6 Å². The van der Waals surface area contributed by atoms with Gasteiger partial charge >= 0.3 is 0 Å². The molecule has 1 aliphatic carbocycles. The van der Waals surface area contributed by atoms with Crippen LogP contribution in [0.2, 0.25) is 0 Å². The number of carbonyl (C=O) groups is 3. The second kappa shape index (κ2) is 5.02. The van der Waals surface area contributed by atoms with Crippen LogP contribution in [0.5, 0.6) is 0 Å². The molecule has 0 radical (unpaired) electrons. The summed E-state index contributed by atoms with van der Waals surface area (Å²) in [7, 11) is 0. The van der Waals surface area contributed by atoms with Crippen LogP contribution in [0.3, 0.4) is 0 Å². The Morgan fingerprint density at radius 3 is 2.52 bits per heavy atom. The monoisotopic (exact) mass is 293 g/mol. The zero-order valence-corrected chi connectivity index (χ0v) is 11.2. The fourth-order valence-electron chi connectivity index (χ4n) is 3.04. The lowest BCUT2D eigenvalue weighted by Crippen LogP contribution is -2.37. The molecule has 1 heterocycles. The van der Waals surface area contributed by atoms with Gasteiger partial charge in [0.1, 0.15) is 5.82 Å². The molecule has 4 nitrogen and oxygen atoms in total. The lowest BCUT2D eigenvalue weighted by atomic mass is 10.0. The molecule has 6 heteroatoms. The SMILES string of the molecule is O=C1C(=O)N(CC(=O)C2CCCC2)c2c(F)cc(F)cc21. The van der Waals surface area contributed by atoms with Gasteiger partial charge in [-0.3, -0.25) is 19.3 Å². The first kappa shape index (κ1) is 13.9. The molecule has 0 atom stereocenters. The zero-order chi connectivity index (χ0) is 15.1. The summed E-state index contributed by atoms with van der Waals surface area (Å²) in [6.45, 7) is -0.329. The number of nitrogens with zero attached hydrogens (tertiary/aromatic N) is 1. The van der Waals surface area contributed by atoms with Crippen molar-refractivity contribution in [3.63, 3.8) is 0 Å². The molecule has 3 rings (SSSR count). The van der Waals surface area contributed by atoms with Crippen LogP contribution in [0.4, 0.5) is 14.5 Å². The number of fused-ring (bicyclic) bond motifs is 1. The number of benzene rings is 1. The van der Waals surface area contributed by atoms with Crippen LogP contribution in [0.1, 0.15) is 36.0 Å². The number of hydrogen-bond acceptors (Lipinski definition) is 3. The predicted octanol–water partition coefficient (Wildman–Crippen LogP) is 2.25. The Balaban J connectivity index is 1.92. The van der Waals surface area contributed by atoms with E-state index in [0.29, 0.717) is 6.07 Å². The molecule has 1 fully saturated rings. The highest BCUT2D eigenvalue weighted by molar-refractivity contribution is 6.52. The van der Waals surface area contributed by atoms with E-state index in [9.17, 15) is 23.2 Å². The van der Waals surface area contributed by atoms with E-state index in [1.54, 1.807) is 0 Å². The zero-order valence-electron chi connectivity index (χ0n) is 11.2. The summed E-state index contributed by atoms with van der Waals surface area (Å²) in [5, 5.41) is 0. The highest BCUT2D eigenvalue weighted by atomic mass is 19.1. The van der Waals surface area contributed by atoms with Gasteiger partial charge in [-0.1, -0.05) is 12.8 Å². The summed E-state index contributed by atoms with van der Waals surface area (Å²) < 4.78 is 27.0. The highest BCUT2D eigenvalue weighted by Gasteiger charge is 2.40. The van der Waals surface area contributed by atoms with Gasteiger partial charge in [0, 0.05) is 12.0 Å². The standard InChI is InChI=1S/C15H13F2NO3/c16-9-5-10-13(11(17)6-9)18(15(21)14(10)20)7-12(19)8-3-1-2-4-8/h5-6,8H,1-4,7H2. The van der Waals surface area contributed by atoms with Crippen molar-refractivity contribution in [1.29, 1.82) is 0 Å². The van der Waals surface area contributed by atoms with Gasteiger partial charge in [-0.15, -0.1) is 0 Å². The van der Waals surface area contributed by atoms with Gasteiger partial charge in [0.2, 0.25) is 0 Å². The Labute approximate surface area is 119 Å². The lowest BCUT2D eigenvalue weighted by molar-refractivity contribution is -0.123. The maximum absolute atomic E-state index is 13.9. The third kappa shape index (κ3) is 2.24. The van der Waals surface area contributed by atoms with Gasteiger partial charge in [0.15, 0.2) is 11.6 Å². The minimum absolute atomic E-state index is 0.138. The number of rotatable bonds is 3.